The smallest absolute Gasteiger partial charge is 0.347 e. The Hall–Kier alpha value is -1.43. The molecule has 14 heavy (non-hydrogen) atoms. The molecule has 1 aliphatic rings. The lowest BCUT2D eigenvalue weighted by atomic mass is 9.99. The molecule has 0 aromatic carbocycles. The number of nitro groups is 1. The molecule has 0 amide bonds. The summed E-state index contributed by atoms with van der Waals surface area (Å²) in [5.74, 6) is -0.0851. The van der Waals surface area contributed by atoms with Crippen molar-refractivity contribution in [1.82, 2.24) is 10.2 Å². The van der Waals surface area contributed by atoms with Crippen molar-refractivity contribution in [3.05, 3.63) is 21.9 Å². The Balaban J connectivity index is 2.44. The average molecular weight is 196 g/mol. The Morgan fingerprint density at radius 3 is 2.71 bits per heavy atom. The van der Waals surface area contributed by atoms with Gasteiger partial charge in [0.15, 0.2) is 0 Å². The van der Waals surface area contributed by atoms with Crippen LogP contribution in [-0.2, 0) is 5.54 Å². The molecule has 1 saturated carbocycles. The molecule has 0 spiro atoms. The van der Waals surface area contributed by atoms with Crippen molar-refractivity contribution in [2.75, 3.05) is 0 Å². The van der Waals surface area contributed by atoms with Gasteiger partial charge >= 0.3 is 5.82 Å². The molecule has 2 rings (SSSR count). The van der Waals surface area contributed by atoms with Crippen molar-refractivity contribution in [2.45, 2.75) is 25.8 Å². The van der Waals surface area contributed by atoms with Crippen molar-refractivity contribution < 1.29 is 4.92 Å². The highest BCUT2D eigenvalue weighted by Gasteiger charge is 2.62. The predicted molar refractivity (Wildman–Crippen MR) is 49.5 cm³/mol. The van der Waals surface area contributed by atoms with E-state index in [1.807, 2.05) is 13.8 Å². The zero-order chi connectivity index (χ0) is 10.6. The van der Waals surface area contributed by atoms with Crippen LogP contribution in [0.2, 0.25) is 0 Å². The Morgan fingerprint density at radius 1 is 1.71 bits per heavy atom. The number of aromatic amines is 1. The third kappa shape index (κ3) is 0.971. The molecule has 6 nitrogen and oxygen atoms in total. The Kier molecular flexibility index (Phi) is 1.52. The van der Waals surface area contributed by atoms with Gasteiger partial charge in [-0.2, -0.15) is 0 Å². The number of rotatable bonds is 2. The molecular weight excluding hydrogens is 184 g/mol. The number of nitrogens with one attached hydrogen (secondary N) is 1. The van der Waals surface area contributed by atoms with Crippen LogP contribution in [0.1, 0.15) is 25.8 Å². The van der Waals surface area contributed by atoms with Crippen LogP contribution in [0.25, 0.3) is 0 Å². The molecule has 6 heteroatoms. The van der Waals surface area contributed by atoms with E-state index < -0.39 is 10.5 Å². The second kappa shape index (κ2) is 2.33. The van der Waals surface area contributed by atoms with Crippen molar-refractivity contribution >= 4 is 5.82 Å². The molecule has 3 N–H and O–H groups in total. The second-order valence-corrected chi connectivity index (χ2v) is 4.42. The van der Waals surface area contributed by atoms with Crippen LogP contribution in [0.15, 0.2) is 6.20 Å². The fourth-order valence-electron chi connectivity index (χ4n) is 1.86. The lowest BCUT2D eigenvalue weighted by molar-refractivity contribution is -0.390. The van der Waals surface area contributed by atoms with Gasteiger partial charge in [0.2, 0.25) is 0 Å². The van der Waals surface area contributed by atoms with Crippen LogP contribution >= 0.6 is 0 Å². The van der Waals surface area contributed by atoms with E-state index in [4.69, 9.17) is 5.73 Å². The topological polar surface area (TPSA) is 97.8 Å². The Bertz CT molecular complexity index is 398. The summed E-state index contributed by atoms with van der Waals surface area (Å²) in [6.07, 6.45) is 2.20. The highest BCUT2D eigenvalue weighted by molar-refractivity contribution is 5.43. The third-order valence-electron chi connectivity index (χ3n) is 3.09. The number of H-pyrrole nitrogens is 1. The zero-order valence-electron chi connectivity index (χ0n) is 8.07. The van der Waals surface area contributed by atoms with Crippen molar-refractivity contribution in [3.63, 3.8) is 0 Å². The van der Waals surface area contributed by atoms with Crippen molar-refractivity contribution in [2.24, 2.45) is 11.1 Å². The summed E-state index contributed by atoms with van der Waals surface area (Å²) in [4.78, 5) is 10.2. The molecule has 76 valence electrons. The van der Waals surface area contributed by atoms with Gasteiger partial charge < -0.3 is 15.8 Å². The normalized spacial score (nSPS) is 28.8. The monoisotopic (exact) mass is 196 g/mol. The molecule has 1 unspecified atom stereocenters. The zero-order valence-corrected chi connectivity index (χ0v) is 8.07. The van der Waals surface area contributed by atoms with Gasteiger partial charge in [0, 0.05) is 0 Å². The fourth-order valence-corrected chi connectivity index (χ4v) is 1.86. The summed E-state index contributed by atoms with van der Waals surface area (Å²) in [6.45, 7) is 3.98. The Labute approximate surface area is 80.6 Å². The van der Waals surface area contributed by atoms with Crippen molar-refractivity contribution in [3.8, 4) is 0 Å². The van der Waals surface area contributed by atoms with E-state index in [9.17, 15) is 10.1 Å². The minimum absolute atomic E-state index is 0.0817. The molecule has 1 aromatic rings. The van der Waals surface area contributed by atoms with Crippen LogP contribution in [-0.4, -0.2) is 15.1 Å². The van der Waals surface area contributed by atoms with Gasteiger partial charge in [-0.15, -0.1) is 5.10 Å². The maximum Gasteiger partial charge on any atom is 0.347 e. The molecule has 0 radical (unpaired) electrons. The number of nitrogens with two attached hydrogens (primary N) is 1. The molecule has 1 aliphatic carbocycles. The number of hydrogen-bond acceptors (Lipinski definition) is 4. The first-order valence-electron chi connectivity index (χ1n) is 4.36. The number of aromatic nitrogens is 2. The molecule has 1 heterocycles. The summed E-state index contributed by atoms with van der Waals surface area (Å²) in [5, 5.41) is 16.7. The van der Waals surface area contributed by atoms with Gasteiger partial charge in [0.05, 0.1) is 17.3 Å². The first-order valence-corrected chi connectivity index (χ1v) is 4.36. The van der Waals surface area contributed by atoms with E-state index in [0.717, 1.165) is 6.42 Å². The van der Waals surface area contributed by atoms with E-state index in [1.54, 1.807) is 0 Å². The summed E-state index contributed by atoms with van der Waals surface area (Å²) in [5.41, 5.74) is 5.89. The highest BCUT2D eigenvalue weighted by Crippen LogP contribution is 2.61. The highest BCUT2D eigenvalue weighted by atomic mass is 16.6. The second-order valence-electron chi connectivity index (χ2n) is 4.42. The molecule has 1 atom stereocenters. The van der Waals surface area contributed by atoms with Crippen LogP contribution in [0.3, 0.4) is 0 Å². The minimum Gasteiger partial charge on any atom is -0.358 e. The minimum atomic E-state index is -0.595. The molecule has 1 fully saturated rings. The van der Waals surface area contributed by atoms with Crippen LogP contribution in [0.4, 0.5) is 5.82 Å². The standard InChI is InChI=1S/C8H12N4O2/c1-7(2)4-8(7,9)5-3-10-11-6(5)12(13)14/h3H,4,9H2,1-2H3,(H,10,11). The maximum absolute atomic E-state index is 10.6. The number of hydrogen-bond donors (Lipinski definition) is 2. The van der Waals surface area contributed by atoms with E-state index in [0.29, 0.717) is 5.56 Å². The van der Waals surface area contributed by atoms with Crippen LogP contribution in [0.5, 0.6) is 0 Å². The fraction of sp³-hybridized carbons (Fsp3) is 0.625. The molecule has 1 aromatic heterocycles. The lowest BCUT2D eigenvalue weighted by Gasteiger charge is -2.11. The summed E-state index contributed by atoms with van der Waals surface area (Å²) >= 11 is 0. The quantitative estimate of drug-likeness (QED) is 0.542. The first kappa shape index (κ1) is 9.14. The SMILES string of the molecule is CC1(C)CC1(N)c1cn[nH]c1[N+](=O)[O-]. The Morgan fingerprint density at radius 2 is 2.29 bits per heavy atom. The summed E-state index contributed by atoms with van der Waals surface area (Å²) < 4.78 is 0. The molecule has 0 bridgehead atoms. The molecular formula is C8H12N4O2. The average Bonchev–Trinajstić information content (AvgIpc) is 2.52. The van der Waals surface area contributed by atoms with Crippen molar-refractivity contribution in [1.29, 1.82) is 0 Å². The van der Waals surface area contributed by atoms with Gasteiger partial charge in [-0.3, -0.25) is 0 Å². The lowest BCUT2D eigenvalue weighted by Crippen LogP contribution is -2.25. The third-order valence-corrected chi connectivity index (χ3v) is 3.09. The van der Waals surface area contributed by atoms with Gasteiger partial charge in [0.25, 0.3) is 0 Å². The first-order chi connectivity index (χ1) is 6.38. The van der Waals surface area contributed by atoms with Crippen LogP contribution < -0.4 is 5.73 Å². The largest absolute Gasteiger partial charge is 0.358 e. The summed E-state index contributed by atoms with van der Waals surface area (Å²) in [7, 11) is 0. The number of nitrogens with zero attached hydrogens (tertiary/aromatic N) is 2. The van der Waals surface area contributed by atoms with E-state index in [2.05, 4.69) is 10.2 Å². The van der Waals surface area contributed by atoms with E-state index in [1.165, 1.54) is 6.20 Å². The van der Waals surface area contributed by atoms with Crippen LogP contribution in [0, 0.1) is 15.5 Å². The molecule has 0 aliphatic heterocycles. The van der Waals surface area contributed by atoms with E-state index in [-0.39, 0.29) is 11.2 Å². The predicted octanol–water partition coefficient (Wildman–Crippen LogP) is 0.902. The summed E-state index contributed by atoms with van der Waals surface area (Å²) in [6, 6.07) is 0. The van der Waals surface area contributed by atoms with Gasteiger partial charge in [-0.25, -0.2) is 0 Å². The van der Waals surface area contributed by atoms with Gasteiger partial charge in [-0.05, 0) is 16.8 Å². The van der Waals surface area contributed by atoms with Gasteiger partial charge in [0.1, 0.15) is 0 Å². The van der Waals surface area contributed by atoms with E-state index >= 15 is 0 Å². The molecule has 0 saturated heterocycles. The maximum atomic E-state index is 10.6. The van der Waals surface area contributed by atoms with Gasteiger partial charge in [-0.1, -0.05) is 18.9 Å².